The number of aromatic amines is 1. The molecule has 1 N–H and O–H groups in total. The lowest BCUT2D eigenvalue weighted by Crippen LogP contribution is -1.89. The Hall–Kier alpha value is -2.16. The fourth-order valence-corrected chi connectivity index (χ4v) is 0.869. The van der Waals surface area contributed by atoms with Crippen molar-refractivity contribution >= 4 is 11.9 Å². The minimum absolute atomic E-state index is 0.170. The summed E-state index contributed by atoms with van der Waals surface area (Å²) in [6.45, 7) is 1.61. The highest BCUT2D eigenvalue weighted by atomic mass is 16.6. The Morgan fingerprint density at radius 3 is 3.00 bits per heavy atom. The Labute approximate surface area is 73.7 Å². The predicted octanol–water partition coefficient (Wildman–Crippen LogP) is 1.16. The zero-order valence-corrected chi connectivity index (χ0v) is 6.81. The SMILES string of the molecule is Cc1nc(C=CC#N)c([N+](=O)[O-])[nH]1. The number of hydrogen-bond donors (Lipinski definition) is 1. The van der Waals surface area contributed by atoms with Gasteiger partial charge in [0.15, 0.2) is 11.5 Å². The van der Waals surface area contributed by atoms with Gasteiger partial charge in [-0.3, -0.25) is 0 Å². The highest BCUT2D eigenvalue weighted by Gasteiger charge is 2.14. The second-order valence-electron chi connectivity index (χ2n) is 2.28. The van der Waals surface area contributed by atoms with E-state index in [1.54, 1.807) is 13.0 Å². The van der Waals surface area contributed by atoms with Crippen LogP contribution in [0.4, 0.5) is 5.82 Å². The van der Waals surface area contributed by atoms with Crippen LogP contribution < -0.4 is 0 Å². The van der Waals surface area contributed by atoms with Crippen molar-refractivity contribution < 1.29 is 4.92 Å². The van der Waals surface area contributed by atoms with Crippen LogP contribution in [0.15, 0.2) is 6.08 Å². The fourth-order valence-electron chi connectivity index (χ4n) is 0.869. The van der Waals surface area contributed by atoms with Gasteiger partial charge in [-0.05, 0) is 11.0 Å². The monoisotopic (exact) mass is 178 g/mol. The van der Waals surface area contributed by atoms with Crippen LogP contribution >= 0.6 is 0 Å². The molecule has 0 radical (unpaired) electrons. The van der Waals surface area contributed by atoms with E-state index in [2.05, 4.69) is 9.97 Å². The van der Waals surface area contributed by atoms with Crippen molar-refractivity contribution in [3.8, 4) is 6.07 Å². The summed E-state index contributed by atoms with van der Waals surface area (Å²) >= 11 is 0. The lowest BCUT2D eigenvalue weighted by atomic mass is 10.4. The van der Waals surface area contributed by atoms with E-state index in [1.165, 1.54) is 6.08 Å². The van der Waals surface area contributed by atoms with Gasteiger partial charge in [0.05, 0.1) is 6.07 Å². The summed E-state index contributed by atoms with van der Waals surface area (Å²) in [5.41, 5.74) is 0.170. The van der Waals surface area contributed by atoms with Crippen molar-refractivity contribution in [1.29, 1.82) is 5.26 Å². The molecule has 1 aromatic rings. The Kier molecular flexibility index (Phi) is 2.40. The number of nitro groups is 1. The molecule has 0 spiro atoms. The highest BCUT2D eigenvalue weighted by Crippen LogP contribution is 2.15. The summed E-state index contributed by atoms with van der Waals surface area (Å²) in [7, 11) is 0. The van der Waals surface area contributed by atoms with Crippen LogP contribution in [0.3, 0.4) is 0 Å². The molecule has 13 heavy (non-hydrogen) atoms. The van der Waals surface area contributed by atoms with Crippen molar-refractivity contribution in [2.45, 2.75) is 6.92 Å². The molecule has 6 heteroatoms. The first-order chi connectivity index (χ1) is 6.15. The Morgan fingerprint density at radius 1 is 1.77 bits per heavy atom. The molecule has 6 nitrogen and oxygen atoms in total. The number of nitrogens with zero attached hydrogens (tertiary/aromatic N) is 3. The van der Waals surface area contributed by atoms with E-state index in [0.29, 0.717) is 5.82 Å². The van der Waals surface area contributed by atoms with Gasteiger partial charge in [0.1, 0.15) is 0 Å². The molecule has 0 amide bonds. The van der Waals surface area contributed by atoms with Gasteiger partial charge in [0.2, 0.25) is 0 Å². The van der Waals surface area contributed by atoms with Gasteiger partial charge in [0.25, 0.3) is 0 Å². The smallest absolute Gasteiger partial charge is 0.348 e. The Morgan fingerprint density at radius 2 is 2.46 bits per heavy atom. The van der Waals surface area contributed by atoms with E-state index >= 15 is 0 Å². The van der Waals surface area contributed by atoms with Gasteiger partial charge >= 0.3 is 5.82 Å². The number of H-pyrrole nitrogens is 1. The number of rotatable bonds is 2. The summed E-state index contributed by atoms with van der Waals surface area (Å²) in [5, 5.41) is 18.6. The van der Waals surface area contributed by atoms with Gasteiger partial charge in [-0.25, -0.2) is 9.97 Å². The standard InChI is InChI=1S/C7H6N4O2/c1-5-9-6(3-2-4-8)7(10-5)11(12)13/h2-3H,1H3,(H,9,10). The van der Waals surface area contributed by atoms with Gasteiger partial charge < -0.3 is 10.1 Å². The first-order valence-corrected chi connectivity index (χ1v) is 3.42. The summed E-state index contributed by atoms with van der Waals surface area (Å²) in [5.74, 6) is 0.258. The molecule has 1 aromatic heterocycles. The molecule has 66 valence electrons. The third-order valence-electron chi connectivity index (χ3n) is 1.33. The van der Waals surface area contributed by atoms with E-state index in [-0.39, 0.29) is 11.5 Å². The lowest BCUT2D eigenvalue weighted by Gasteiger charge is -1.88. The number of hydrogen-bond acceptors (Lipinski definition) is 4. The Bertz CT molecular complexity index is 399. The van der Waals surface area contributed by atoms with Crippen molar-refractivity contribution in [3.05, 3.63) is 27.7 Å². The van der Waals surface area contributed by atoms with E-state index in [1.807, 2.05) is 0 Å². The van der Waals surface area contributed by atoms with Crippen molar-refractivity contribution in [1.82, 2.24) is 9.97 Å². The first-order valence-electron chi connectivity index (χ1n) is 3.42. The van der Waals surface area contributed by atoms with Gasteiger partial charge in [-0.1, -0.05) is 0 Å². The molecule has 1 rings (SSSR count). The zero-order chi connectivity index (χ0) is 9.84. The number of imidazole rings is 1. The molecule has 1 heterocycles. The van der Waals surface area contributed by atoms with Gasteiger partial charge in [-0.15, -0.1) is 0 Å². The van der Waals surface area contributed by atoms with Gasteiger partial charge in [-0.2, -0.15) is 5.26 Å². The third-order valence-corrected chi connectivity index (χ3v) is 1.33. The molecular formula is C7H6N4O2. The normalized spacial score (nSPS) is 10.2. The molecule has 0 fully saturated rings. The average molecular weight is 178 g/mol. The molecule has 0 aliphatic carbocycles. The predicted molar refractivity (Wildman–Crippen MR) is 44.6 cm³/mol. The molecule has 0 saturated heterocycles. The van der Waals surface area contributed by atoms with Crippen LogP contribution in [0.25, 0.3) is 6.08 Å². The van der Waals surface area contributed by atoms with Crippen molar-refractivity contribution in [3.63, 3.8) is 0 Å². The lowest BCUT2D eigenvalue weighted by molar-refractivity contribution is -0.389. The molecule has 0 aliphatic rings. The third kappa shape index (κ3) is 1.90. The number of nitrogens with one attached hydrogen (secondary N) is 1. The van der Waals surface area contributed by atoms with Crippen LogP contribution in [-0.2, 0) is 0 Å². The number of aromatic nitrogens is 2. The minimum atomic E-state index is -0.572. The van der Waals surface area contributed by atoms with Gasteiger partial charge in [0, 0.05) is 13.0 Å². The van der Waals surface area contributed by atoms with Crippen LogP contribution in [0.5, 0.6) is 0 Å². The Balaban J connectivity index is 3.13. The largest absolute Gasteiger partial charge is 0.358 e. The molecule has 0 unspecified atom stereocenters. The number of nitriles is 1. The maximum absolute atomic E-state index is 10.4. The second kappa shape index (κ2) is 3.49. The average Bonchev–Trinajstić information content (AvgIpc) is 2.43. The van der Waals surface area contributed by atoms with Crippen LogP contribution in [0, 0.1) is 28.4 Å². The fraction of sp³-hybridized carbons (Fsp3) is 0.143. The molecular weight excluding hydrogens is 172 g/mol. The summed E-state index contributed by atoms with van der Waals surface area (Å²) in [4.78, 5) is 16.2. The second-order valence-corrected chi connectivity index (χ2v) is 2.28. The molecule has 0 atom stereocenters. The number of allylic oxidation sites excluding steroid dienone is 1. The van der Waals surface area contributed by atoms with E-state index in [9.17, 15) is 10.1 Å². The van der Waals surface area contributed by atoms with Crippen molar-refractivity contribution in [2.24, 2.45) is 0 Å². The highest BCUT2D eigenvalue weighted by molar-refractivity contribution is 5.56. The molecule has 0 aromatic carbocycles. The molecule has 0 saturated carbocycles. The maximum Gasteiger partial charge on any atom is 0.348 e. The number of aryl methyl sites for hydroxylation is 1. The van der Waals surface area contributed by atoms with Crippen molar-refractivity contribution in [2.75, 3.05) is 0 Å². The van der Waals surface area contributed by atoms with E-state index in [4.69, 9.17) is 5.26 Å². The maximum atomic E-state index is 10.4. The summed E-state index contributed by atoms with van der Waals surface area (Å²) < 4.78 is 0. The molecule has 0 bridgehead atoms. The zero-order valence-electron chi connectivity index (χ0n) is 6.81. The molecule has 0 aliphatic heterocycles. The van der Waals surface area contributed by atoms with Crippen LogP contribution in [-0.4, -0.2) is 14.9 Å². The van der Waals surface area contributed by atoms with Crippen LogP contribution in [0.2, 0.25) is 0 Å². The summed E-state index contributed by atoms with van der Waals surface area (Å²) in [6.07, 6.45) is 2.43. The van der Waals surface area contributed by atoms with E-state index in [0.717, 1.165) is 6.08 Å². The summed E-state index contributed by atoms with van der Waals surface area (Å²) in [6, 6.07) is 1.73. The van der Waals surface area contributed by atoms with Crippen LogP contribution in [0.1, 0.15) is 11.5 Å². The quantitative estimate of drug-likeness (QED) is 0.417. The first kappa shape index (κ1) is 8.93. The minimum Gasteiger partial charge on any atom is -0.358 e. The topological polar surface area (TPSA) is 95.6 Å². The van der Waals surface area contributed by atoms with E-state index < -0.39 is 4.92 Å².